The van der Waals surface area contributed by atoms with E-state index in [-0.39, 0.29) is 17.4 Å². The van der Waals surface area contributed by atoms with Crippen LogP contribution < -0.4 is 15.4 Å². The molecule has 1 aromatic rings. The fourth-order valence-corrected chi connectivity index (χ4v) is 5.28. The highest BCUT2D eigenvalue weighted by molar-refractivity contribution is 5.94. The maximum atomic E-state index is 12.7. The van der Waals surface area contributed by atoms with Gasteiger partial charge < -0.3 is 15.4 Å². The monoisotopic (exact) mass is 413 g/mol. The molecule has 2 fully saturated rings. The number of hydrogen-bond acceptors (Lipinski definition) is 4. The number of benzene rings is 1. The predicted molar refractivity (Wildman–Crippen MR) is 117 cm³/mol. The summed E-state index contributed by atoms with van der Waals surface area (Å²) >= 11 is 0. The van der Waals surface area contributed by atoms with Crippen LogP contribution in [0.25, 0.3) is 0 Å². The van der Waals surface area contributed by atoms with Gasteiger partial charge in [0.15, 0.2) is 0 Å². The van der Waals surface area contributed by atoms with E-state index in [1.54, 1.807) is 0 Å². The Morgan fingerprint density at radius 2 is 1.90 bits per heavy atom. The minimum Gasteiger partial charge on any atom is -0.493 e. The normalized spacial score (nSPS) is 25.9. The van der Waals surface area contributed by atoms with E-state index >= 15 is 0 Å². The van der Waals surface area contributed by atoms with Gasteiger partial charge in [-0.25, -0.2) is 0 Å². The van der Waals surface area contributed by atoms with Crippen LogP contribution in [0.3, 0.4) is 0 Å². The number of amides is 2. The molecule has 2 saturated heterocycles. The van der Waals surface area contributed by atoms with Gasteiger partial charge in [-0.1, -0.05) is 0 Å². The molecular formula is C24H35N3O3. The van der Waals surface area contributed by atoms with Gasteiger partial charge in [-0.2, -0.15) is 0 Å². The zero-order chi connectivity index (χ0) is 21.3. The smallest absolute Gasteiger partial charge is 0.251 e. The third-order valence-electron chi connectivity index (χ3n) is 6.54. The Bertz CT molecular complexity index is 787. The van der Waals surface area contributed by atoms with E-state index in [2.05, 4.69) is 15.5 Å². The van der Waals surface area contributed by atoms with Gasteiger partial charge in [-0.3, -0.25) is 14.5 Å². The Labute approximate surface area is 179 Å². The zero-order valence-corrected chi connectivity index (χ0v) is 18.5. The first-order chi connectivity index (χ1) is 14.3. The number of rotatable bonds is 5. The quantitative estimate of drug-likeness (QED) is 0.779. The molecule has 3 aliphatic heterocycles. The van der Waals surface area contributed by atoms with E-state index in [0.717, 1.165) is 62.0 Å². The van der Waals surface area contributed by atoms with E-state index in [1.807, 2.05) is 39.0 Å². The molecule has 0 radical (unpaired) electrons. The molecule has 4 rings (SSSR count). The summed E-state index contributed by atoms with van der Waals surface area (Å²) in [5.74, 6) is 1.51. The highest BCUT2D eigenvalue weighted by atomic mass is 16.5. The van der Waals surface area contributed by atoms with Crippen molar-refractivity contribution in [3.63, 3.8) is 0 Å². The molecule has 6 heteroatoms. The molecule has 0 saturated carbocycles. The number of fused-ring (bicyclic) bond motifs is 3. The lowest BCUT2D eigenvalue weighted by molar-refractivity contribution is -0.125. The van der Waals surface area contributed by atoms with Crippen molar-refractivity contribution in [2.75, 3.05) is 19.7 Å². The van der Waals surface area contributed by atoms with Gasteiger partial charge in [0.05, 0.1) is 13.2 Å². The van der Waals surface area contributed by atoms with Crippen LogP contribution in [0.15, 0.2) is 18.2 Å². The summed E-state index contributed by atoms with van der Waals surface area (Å²) in [6.45, 7) is 8.01. The summed E-state index contributed by atoms with van der Waals surface area (Å²) < 4.78 is 5.64. The molecule has 3 atom stereocenters. The molecule has 164 valence electrons. The molecule has 30 heavy (non-hydrogen) atoms. The van der Waals surface area contributed by atoms with Crippen molar-refractivity contribution >= 4 is 11.8 Å². The van der Waals surface area contributed by atoms with Gasteiger partial charge in [0.1, 0.15) is 5.75 Å². The number of nitrogens with zero attached hydrogens (tertiary/aromatic N) is 1. The molecule has 0 spiro atoms. The van der Waals surface area contributed by atoms with E-state index in [4.69, 9.17) is 4.74 Å². The SMILES string of the molecule is CC(C)(C)NC(=O)CN1[C@@H]2CC[C@H]1C[C@H](CNC(=O)c1ccc3c(c1)CCCO3)C2. The molecule has 2 N–H and O–H groups in total. The molecule has 0 aliphatic carbocycles. The lowest BCUT2D eigenvalue weighted by Gasteiger charge is -2.39. The summed E-state index contributed by atoms with van der Waals surface area (Å²) in [7, 11) is 0. The van der Waals surface area contributed by atoms with Gasteiger partial charge in [-0.05, 0) is 89.0 Å². The summed E-state index contributed by atoms with van der Waals surface area (Å²) in [5, 5.41) is 6.23. The van der Waals surface area contributed by atoms with Crippen molar-refractivity contribution in [3.05, 3.63) is 29.3 Å². The first kappa shape index (κ1) is 21.2. The van der Waals surface area contributed by atoms with Crippen molar-refractivity contribution < 1.29 is 14.3 Å². The highest BCUT2D eigenvalue weighted by Crippen LogP contribution is 2.38. The average Bonchev–Trinajstić information content (AvgIpc) is 2.92. The maximum Gasteiger partial charge on any atom is 0.251 e. The number of carbonyl (C=O) groups excluding carboxylic acids is 2. The summed E-state index contributed by atoms with van der Waals surface area (Å²) in [4.78, 5) is 27.5. The lowest BCUT2D eigenvalue weighted by atomic mass is 9.90. The minimum absolute atomic E-state index is 0.00250. The Morgan fingerprint density at radius 3 is 2.60 bits per heavy atom. The molecule has 0 aromatic heterocycles. The maximum absolute atomic E-state index is 12.7. The molecule has 2 bridgehead atoms. The van der Waals surface area contributed by atoms with Crippen molar-refractivity contribution in [1.82, 2.24) is 15.5 Å². The molecule has 0 unspecified atom stereocenters. The van der Waals surface area contributed by atoms with Crippen LogP contribution in [-0.2, 0) is 11.2 Å². The molecule has 2 amide bonds. The number of nitrogens with one attached hydrogen (secondary N) is 2. The van der Waals surface area contributed by atoms with Gasteiger partial charge in [-0.15, -0.1) is 0 Å². The molecule has 3 aliphatic rings. The first-order valence-electron chi connectivity index (χ1n) is 11.4. The fraction of sp³-hybridized carbons (Fsp3) is 0.667. The van der Waals surface area contributed by atoms with E-state index < -0.39 is 0 Å². The van der Waals surface area contributed by atoms with Gasteiger partial charge in [0.25, 0.3) is 5.91 Å². The van der Waals surface area contributed by atoms with Crippen LogP contribution in [0.2, 0.25) is 0 Å². The third-order valence-corrected chi connectivity index (χ3v) is 6.54. The van der Waals surface area contributed by atoms with Crippen LogP contribution in [0, 0.1) is 5.92 Å². The number of carbonyl (C=O) groups is 2. The topological polar surface area (TPSA) is 70.7 Å². The van der Waals surface area contributed by atoms with Crippen LogP contribution in [0.4, 0.5) is 0 Å². The molecular weight excluding hydrogens is 378 g/mol. The van der Waals surface area contributed by atoms with Gasteiger partial charge in [0.2, 0.25) is 5.91 Å². The van der Waals surface area contributed by atoms with Crippen LogP contribution in [0.1, 0.15) is 68.8 Å². The average molecular weight is 414 g/mol. The fourth-order valence-electron chi connectivity index (χ4n) is 5.28. The Hall–Kier alpha value is -2.08. The summed E-state index contributed by atoms with van der Waals surface area (Å²) in [6, 6.07) is 6.67. The number of aryl methyl sites for hydroxylation is 1. The van der Waals surface area contributed by atoms with Crippen LogP contribution >= 0.6 is 0 Å². The predicted octanol–water partition coefficient (Wildman–Crippen LogP) is 2.90. The minimum atomic E-state index is -0.193. The second-order valence-electron chi connectivity index (χ2n) is 10.2. The number of piperidine rings is 1. The van der Waals surface area contributed by atoms with Crippen LogP contribution in [-0.4, -0.2) is 54.0 Å². The van der Waals surface area contributed by atoms with Gasteiger partial charge >= 0.3 is 0 Å². The molecule has 1 aromatic carbocycles. The summed E-state index contributed by atoms with van der Waals surface area (Å²) in [6.07, 6.45) is 6.40. The zero-order valence-electron chi connectivity index (χ0n) is 18.5. The van der Waals surface area contributed by atoms with Crippen molar-refractivity contribution in [2.24, 2.45) is 5.92 Å². The largest absolute Gasteiger partial charge is 0.493 e. The van der Waals surface area contributed by atoms with Crippen molar-refractivity contribution in [3.8, 4) is 5.75 Å². The standard InChI is InChI=1S/C24H35N3O3/c1-24(2,3)26-22(28)15-27-19-7-8-20(27)12-16(11-19)14-25-23(29)18-6-9-21-17(13-18)5-4-10-30-21/h6,9,13,16,19-20H,4-5,7-8,10-12,14-15H2,1-3H3,(H,25,29)(H,26,28)/t16-,19-,20+. The summed E-state index contributed by atoms with van der Waals surface area (Å²) in [5.41, 5.74) is 1.66. The number of hydrogen-bond donors (Lipinski definition) is 2. The second-order valence-corrected chi connectivity index (χ2v) is 10.2. The van der Waals surface area contributed by atoms with Crippen molar-refractivity contribution in [2.45, 2.75) is 76.9 Å². The highest BCUT2D eigenvalue weighted by Gasteiger charge is 2.41. The second kappa shape index (κ2) is 8.58. The van der Waals surface area contributed by atoms with Gasteiger partial charge in [0, 0.05) is 29.7 Å². The van der Waals surface area contributed by atoms with Crippen LogP contribution in [0.5, 0.6) is 5.75 Å². The third kappa shape index (κ3) is 4.97. The lowest BCUT2D eigenvalue weighted by Crippen LogP contribution is -2.52. The van der Waals surface area contributed by atoms with E-state index in [0.29, 0.717) is 31.1 Å². The molecule has 6 nitrogen and oxygen atoms in total. The van der Waals surface area contributed by atoms with Crippen molar-refractivity contribution in [1.29, 1.82) is 0 Å². The number of ether oxygens (including phenoxy) is 1. The van der Waals surface area contributed by atoms with E-state index in [1.165, 1.54) is 0 Å². The van der Waals surface area contributed by atoms with E-state index in [9.17, 15) is 9.59 Å². The Kier molecular flexibility index (Phi) is 6.05. The first-order valence-corrected chi connectivity index (χ1v) is 11.4. The Balaban J connectivity index is 1.28. The Morgan fingerprint density at radius 1 is 1.17 bits per heavy atom. The molecule has 3 heterocycles.